The highest BCUT2D eigenvalue weighted by Crippen LogP contribution is 2.37. The minimum atomic E-state index is -3.12. The van der Waals surface area contributed by atoms with E-state index in [1.54, 1.807) is 38.1 Å². The number of esters is 2. The Bertz CT molecular complexity index is 1970. The zero-order valence-electron chi connectivity index (χ0n) is 31.4. The molecule has 300 valence electrons. The van der Waals surface area contributed by atoms with Crippen LogP contribution >= 0.6 is 23.2 Å². The quantitative estimate of drug-likeness (QED) is 0.0677. The van der Waals surface area contributed by atoms with Gasteiger partial charge in [-0.2, -0.15) is 13.5 Å². The summed E-state index contributed by atoms with van der Waals surface area (Å²) in [5.74, 6) is -2.07. The predicted octanol–water partition coefficient (Wildman–Crippen LogP) is 8.40. The van der Waals surface area contributed by atoms with Crippen LogP contribution in [0.1, 0.15) is 78.9 Å². The van der Waals surface area contributed by atoms with Gasteiger partial charge in [0.1, 0.15) is 34.1 Å². The summed E-state index contributed by atoms with van der Waals surface area (Å²) in [6.07, 6.45) is 1.07. The van der Waals surface area contributed by atoms with Gasteiger partial charge in [0.2, 0.25) is 0 Å². The second kappa shape index (κ2) is 19.5. The molecule has 2 unspecified atom stereocenters. The van der Waals surface area contributed by atoms with Crippen molar-refractivity contribution in [1.82, 2.24) is 10.2 Å². The van der Waals surface area contributed by atoms with Gasteiger partial charge in [-0.1, -0.05) is 73.4 Å². The second-order valence-corrected chi connectivity index (χ2v) is 14.6. The van der Waals surface area contributed by atoms with Gasteiger partial charge in [-0.3, -0.25) is 10.2 Å². The van der Waals surface area contributed by atoms with Gasteiger partial charge in [-0.15, -0.1) is 0 Å². The Balaban J connectivity index is 1.40. The van der Waals surface area contributed by atoms with Crippen molar-refractivity contribution in [1.29, 1.82) is 0 Å². The summed E-state index contributed by atoms with van der Waals surface area (Å²) in [6.45, 7) is 6.73. The number of pyridine rings is 1. The third kappa shape index (κ3) is 11.3. The minimum absolute atomic E-state index is 0.0153. The smallest absolute Gasteiger partial charge is 0.387 e. The van der Waals surface area contributed by atoms with Crippen molar-refractivity contribution in [3.8, 4) is 11.5 Å². The lowest BCUT2D eigenvalue weighted by molar-refractivity contribution is -0.605. The third-order valence-electron chi connectivity index (χ3n) is 9.43. The maximum absolute atomic E-state index is 15.1. The fraction of sp³-hybridized carbons (Fsp3) is 0.390. The van der Waals surface area contributed by atoms with Crippen molar-refractivity contribution >= 4 is 35.1 Å². The maximum atomic E-state index is 15.1. The van der Waals surface area contributed by atoms with Crippen LogP contribution in [-0.4, -0.2) is 55.3 Å². The molecule has 15 heteroatoms. The molecule has 5 rings (SSSR count). The van der Waals surface area contributed by atoms with Crippen molar-refractivity contribution in [2.45, 2.75) is 78.0 Å². The van der Waals surface area contributed by atoms with E-state index in [1.165, 1.54) is 42.5 Å². The van der Waals surface area contributed by atoms with Gasteiger partial charge in [0, 0.05) is 30.6 Å². The molecule has 1 fully saturated rings. The van der Waals surface area contributed by atoms with Gasteiger partial charge >= 0.3 is 18.6 Å². The second-order valence-electron chi connectivity index (χ2n) is 13.8. The molecule has 0 saturated carbocycles. The summed E-state index contributed by atoms with van der Waals surface area (Å²) in [6, 6.07) is 15.4. The van der Waals surface area contributed by atoms with E-state index in [9.17, 15) is 23.6 Å². The molecule has 1 aromatic heterocycles. The first-order chi connectivity index (χ1) is 26.7. The molecule has 0 bridgehead atoms. The van der Waals surface area contributed by atoms with Crippen LogP contribution in [0.15, 0.2) is 79.1 Å². The summed E-state index contributed by atoms with van der Waals surface area (Å²) in [4.78, 5) is 29.7. The maximum Gasteiger partial charge on any atom is 0.387 e. The van der Waals surface area contributed by atoms with Crippen molar-refractivity contribution in [3.63, 3.8) is 0 Å². The molecule has 1 aliphatic heterocycles. The van der Waals surface area contributed by atoms with Gasteiger partial charge in [-0.05, 0) is 80.7 Å². The number of alkyl halides is 2. The van der Waals surface area contributed by atoms with Gasteiger partial charge < -0.3 is 24.2 Å². The van der Waals surface area contributed by atoms with Crippen LogP contribution in [-0.2, 0) is 27.2 Å². The number of hydrogen-bond acceptors (Lipinski definition) is 9. The Morgan fingerprint density at radius 3 is 2.41 bits per heavy atom. The van der Waals surface area contributed by atoms with Crippen LogP contribution in [0.25, 0.3) is 0 Å². The molecule has 4 atom stereocenters. The summed E-state index contributed by atoms with van der Waals surface area (Å²) in [5.41, 5.74) is 1.46. The molecule has 1 saturated heterocycles. The molecule has 56 heavy (non-hydrogen) atoms. The third-order valence-corrected chi connectivity index (χ3v) is 10.1. The lowest BCUT2D eigenvalue weighted by atomic mass is 9.95. The number of likely N-dealkylation sites (N-methyl/N-ethyl adjacent to an activating group) is 1. The van der Waals surface area contributed by atoms with Crippen LogP contribution in [0, 0.1) is 16.9 Å². The minimum Gasteiger partial charge on any atom is -0.619 e. The number of carbonyl (C=O) groups excluding carboxylic acids is 2. The number of nitrogens with zero attached hydrogens (tertiary/aromatic N) is 2. The molecule has 2 heterocycles. The highest BCUT2D eigenvalue weighted by atomic mass is 35.5. The van der Waals surface area contributed by atoms with Gasteiger partial charge in [0.15, 0.2) is 23.9 Å². The van der Waals surface area contributed by atoms with Crippen molar-refractivity contribution in [2.75, 3.05) is 19.6 Å². The topological polar surface area (TPSA) is 113 Å². The summed E-state index contributed by atoms with van der Waals surface area (Å²) in [7, 11) is 0. The van der Waals surface area contributed by atoms with Gasteiger partial charge in [0.05, 0.1) is 11.7 Å². The number of benzene rings is 3. The number of hydrogen-bond donors (Lipinski definition) is 1. The first kappa shape index (κ1) is 42.6. The highest BCUT2D eigenvalue weighted by Gasteiger charge is 2.33. The summed E-state index contributed by atoms with van der Waals surface area (Å²) in [5, 5.41) is 15.1. The zero-order chi connectivity index (χ0) is 40.5. The number of carbonyl (C=O) groups is 2. The van der Waals surface area contributed by atoms with E-state index in [0.717, 1.165) is 31.9 Å². The molecule has 1 N–H and O–H groups in total. The van der Waals surface area contributed by atoms with Gasteiger partial charge in [-0.25, -0.2) is 14.0 Å². The molecule has 10 nitrogen and oxygen atoms in total. The largest absolute Gasteiger partial charge is 0.619 e. The van der Waals surface area contributed by atoms with Gasteiger partial charge in [0.25, 0.3) is 0 Å². The Morgan fingerprint density at radius 2 is 1.73 bits per heavy atom. The number of likely N-dealkylation sites (tertiary alicyclic amines) is 1. The van der Waals surface area contributed by atoms with Crippen LogP contribution in [0.5, 0.6) is 11.5 Å². The van der Waals surface area contributed by atoms with Crippen molar-refractivity contribution in [2.24, 2.45) is 5.92 Å². The number of aromatic nitrogens is 1. The van der Waals surface area contributed by atoms with E-state index in [0.29, 0.717) is 28.0 Å². The number of nitrogens with one attached hydrogen (secondary N) is 1. The Morgan fingerprint density at radius 1 is 1.00 bits per heavy atom. The number of ether oxygens (including phenoxy) is 4. The molecule has 0 radical (unpaired) electrons. The molecule has 4 aromatic rings. The molecular weight excluding hydrogens is 774 g/mol. The van der Waals surface area contributed by atoms with E-state index in [4.69, 9.17) is 37.4 Å². The normalized spacial score (nSPS) is 17.1. The SMILES string of the molecule is CCN1CCC(C)[C@@H](OC(=O)C(NCc2cccc(C(=O)O[C@@H](Cc3c(Cl)c[n+]([O-])cc3Cl)c3ccc(OC(F)F)c(OC(C)C)c3)c2)c2ccccc2F)C1. The molecule has 0 spiro atoms. The number of piperidine rings is 1. The van der Waals surface area contributed by atoms with Crippen LogP contribution in [0.4, 0.5) is 13.2 Å². The van der Waals surface area contributed by atoms with Crippen LogP contribution in [0.3, 0.4) is 0 Å². The first-order valence-electron chi connectivity index (χ1n) is 18.2. The first-order valence-corrected chi connectivity index (χ1v) is 19.0. The highest BCUT2D eigenvalue weighted by molar-refractivity contribution is 6.35. The van der Waals surface area contributed by atoms with E-state index in [-0.39, 0.29) is 57.7 Å². The Kier molecular flexibility index (Phi) is 14.9. The molecular formula is C41H44Cl2F3N3O7. The fourth-order valence-corrected chi connectivity index (χ4v) is 7.01. The Labute approximate surface area is 334 Å². The summed E-state index contributed by atoms with van der Waals surface area (Å²) < 4.78 is 64.4. The Hall–Kier alpha value is -4.56. The summed E-state index contributed by atoms with van der Waals surface area (Å²) >= 11 is 12.8. The monoisotopic (exact) mass is 817 g/mol. The van der Waals surface area contributed by atoms with E-state index >= 15 is 4.39 Å². The number of rotatable bonds is 16. The molecule has 0 aliphatic carbocycles. The molecule has 1 aliphatic rings. The molecule has 3 aromatic carbocycles. The number of halogens is 5. The fourth-order valence-electron chi connectivity index (χ4n) is 6.41. The average Bonchev–Trinajstić information content (AvgIpc) is 3.14. The standard InChI is InChI=1S/C41H44Cl2F3N3O7/c1-5-48-16-15-25(4)37(23-48)55-40(51)38(29-11-6-7-12-33(29)44)47-20-26-9-8-10-28(17-26)39(50)54-35(19-30-31(42)21-49(52)22-32(30)43)27-13-14-34(56-41(45)46)36(18-27)53-24(2)3/h6-14,17-18,21-22,24-25,35,37-38,41,47H,5,15-16,19-20,23H2,1-4H3/t25?,35-,37-,38?/m0/s1. The predicted molar refractivity (Wildman–Crippen MR) is 204 cm³/mol. The lowest BCUT2D eigenvalue weighted by Gasteiger charge is -2.36. The van der Waals surface area contributed by atoms with Crippen molar-refractivity contribution in [3.05, 3.63) is 128 Å². The van der Waals surface area contributed by atoms with Crippen LogP contribution < -0.4 is 19.5 Å². The lowest BCUT2D eigenvalue weighted by Crippen LogP contribution is -2.46. The van der Waals surface area contributed by atoms with E-state index in [2.05, 4.69) is 15.0 Å². The van der Waals surface area contributed by atoms with E-state index in [1.807, 2.05) is 13.8 Å². The van der Waals surface area contributed by atoms with Crippen LogP contribution in [0.2, 0.25) is 10.0 Å². The van der Waals surface area contributed by atoms with Crippen molar-refractivity contribution < 1.29 is 46.4 Å². The zero-order valence-corrected chi connectivity index (χ0v) is 32.9. The van der Waals surface area contributed by atoms with E-state index < -0.39 is 42.6 Å². The molecule has 0 amide bonds. The average molecular weight is 819 g/mol.